The van der Waals surface area contributed by atoms with Crippen molar-refractivity contribution in [2.75, 3.05) is 11.4 Å². The number of anilines is 1. The van der Waals surface area contributed by atoms with Crippen molar-refractivity contribution in [2.24, 2.45) is 5.41 Å². The van der Waals surface area contributed by atoms with Crippen molar-refractivity contribution in [1.82, 2.24) is 5.32 Å². The van der Waals surface area contributed by atoms with Crippen molar-refractivity contribution in [3.05, 3.63) is 29.3 Å². The lowest BCUT2D eigenvalue weighted by atomic mass is 9.74. The maximum Gasteiger partial charge on any atom is 0.415 e. The molecule has 0 bridgehead atoms. The van der Waals surface area contributed by atoms with E-state index in [1.807, 2.05) is 26.8 Å². The highest BCUT2D eigenvalue weighted by molar-refractivity contribution is 6.30. The number of carbonyl (C=O) groups is 2. The van der Waals surface area contributed by atoms with Crippen LogP contribution in [-0.2, 0) is 9.53 Å². The first kappa shape index (κ1) is 17.0. The van der Waals surface area contributed by atoms with Crippen molar-refractivity contribution >= 4 is 29.4 Å². The van der Waals surface area contributed by atoms with Crippen LogP contribution in [0.25, 0.3) is 0 Å². The molecule has 3 atom stereocenters. The maximum atomic E-state index is 12.7. The predicted octanol–water partition coefficient (Wildman–Crippen LogP) is 2.90. The van der Waals surface area contributed by atoms with E-state index >= 15 is 0 Å². The normalized spacial score (nSPS) is 30.0. The Morgan fingerprint density at radius 1 is 1.46 bits per heavy atom. The molecule has 0 radical (unpaired) electrons. The summed E-state index contributed by atoms with van der Waals surface area (Å²) in [6.45, 7) is 6.38. The second kappa shape index (κ2) is 5.63. The molecule has 3 rings (SSSR count). The number of carboxylic acids is 1. The highest BCUT2D eigenvalue weighted by Gasteiger charge is 2.62. The molecular formula is C17H21ClN2O4. The molecule has 2 aliphatic rings. The Morgan fingerprint density at radius 2 is 2.17 bits per heavy atom. The van der Waals surface area contributed by atoms with Crippen LogP contribution in [-0.4, -0.2) is 41.4 Å². The molecule has 0 aromatic heterocycles. The summed E-state index contributed by atoms with van der Waals surface area (Å²) in [5.41, 5.74) is -0.535. The lowest BCUT2D eigenvalue weighted by Crippen LogP contribution is -2.54. The van der Waals surface area contributed by atoms with Crippen molar-refractivity contribution in [3.63, 3.8) is 0 Å². The summed E-state index contributed by atoms with van der Waals surface area (Å²) in [5.74, 6) is -0.934. The van der Waals surface area contributed by atoms with E-state index in [0.29, 0.717) is 17.3 Å². The quantitative estimate of drug-likeness (QED) is 0.855. The zero-order valence-corrected chi connectivity index (χ0v) is 14.6. The van der Waals surface area contributed by atoms with Crippen molar-refractivity contribution in [1.29, 1.82) is 0 Å². The number of hydrogen-bond acceptors (Lipinski definition) is 4. The molecule has 1 aromatic rings. The Balaban J connectivity index is 2.04. The summed E-state index contributed by atoms with van der Waals surface area (Å²) in [4.78, 5) is 25.6. The largest absolute Gasteiger partial charge is 0.480 e. The number of aliphatic carboxylic acids is 1. The van der Waals surface area contributed by atoms with Crippen LogP contribution in [0.2, 0.25) is 5.02 Å². The number of ether oxygens (including phenoxy) is 1. The summed E-state index contributed by atoms with van der Waals surface area (Å²) in [6, 6.07) is 6.02. The third-order valence-electron chi connectivity index (χ3n) is 4.65. The van der Waals surface area contributed by atoms with Crippen LogP contribution in [0.5, 0.6) is 0 Å². The number of carboxylic acid groups (broad SMARTS) is 1. The molecule has 6 nitrogen and oxygen atoms in total. The van der Waals surface area contributed by atoms with Gasteiger partial charge in [-0.05, 0) is 23.6 Å². The van der Waals surface area contributed by atoms with Crippen LogP contribution < -0.4 is 10.2 Å². The van der Waals surface area contributed by atoms with Gasteiger partial charge in [-0.3, -0.25) is 9.69 Å². The molecule has 0 saturated carbocycles. The number of rotatable bonds is 2. The minimum atomic E-state index is -0.934. The van der Waals surface area contributed by atoms with E-state index in [0.717, 1.165) is 0 Å². The van der Waals surface area contributed by atoms with Crippen LogP contribution in [0, 0.1) is 5.41 Å². The van der Waals surface area contributed by atoms with Crippen LogP contribution >= 0.6 is 11.6 Å². The van der Waals surface area contributed by atoms with Crippen molar-refractivity contribution in [2.45, 2.75) is 44.9 Å². The third kappa shape index (κ3) is 2.74. The number of halogens is 1. The van der Waals surface area contributed by atoms with E-state index in [1.165, 1.54) is 0 Å². The van der Waals surface area contributed by atoms with Gasteiger partial charge in [-0.15, -0.1) is 0 Å². The SMILES string of the molecule is CC(C)(C)C1N(c2cccc(Cl)c2)C(=O)O[C@]12CN[C@H](C(=O)O)C2. The highest BCUT2D eigenvalue weighted by atomic mass is 35.5. The Hall–Kier alpha value is -1.79. The highest BCUT2D eigenvalue weighted by Crippen LogP contribution is 2.46. The van der Waals surface area contributed by atoms with Crippen LogP contribution in [0.1, 0.15) is 27.2 Å². The van der Waals surface area contributed by atoms with Gasteiger partial charge in [0.15, 0.2) is 0 Å². The molecule has 130 valence electrons. The fourth-order valence-electron chi connectivity index (χ4n) is 3.92. The molecule has 1 unspecified atom stereocenters. The van der Waals surface area contributed by atoms with Crippen LogP contribution in [0.3, 0.4) is 0 Å². The van der Waals surface area contributed by atoms with Gasteiger partial charge in [0, 0.05) is 23.7 Å². The number of carbonyl (C=O) groups excluding carboxylic acids is 1. The monoisotopic (exact) mass is 352 g/mol. The van der Waals surface area contributed by atoms with Gasteiger partial charge in [0.05, 0.1) is 6.04 Å². The zero-order chi connectivity index (χ0) is 17.7. The molecule has 2 aliphatic heterocycles. The smallest absolute Gasteiger partial charge is 0.415 e. The van der Waals surface area contributed by atoms with Gasteiger partial charge in [0.25, 0.3) is 0 Å². The number of nitrogens with one attached hydrogen (secondary N) is 1. The number of nitrogens with zero attached hydrogens (tertiary/aromatic N) is 1. The van der Waals surface area contributed by atoms with E-state index in [9.17, 15) is 14.7 Å². The van der Waals surface area contributed by atoms with E-state index in [-0.39, 0.29) is 17.9 Å². The average Bonchev–Trinajstić information content (AvgIpc) is 3.00. The maximum absolute atomic E-state index is 12.7. The Kier molecular flexibility index (Phi) is 4.00. The first-order chi connectivity index (χ1) is 11.1. The predicted molar refractivity (Wildman–Crippen MR) is 90.4 cm³/mol. The standard InChI is InChI=1S/C17H21ClN2O4/c1-16(2,3)14-17(8-12(13(21)22)19-9-17)24-15(23)20(14)11-6-4-5-10(18)7-11/h4-7,12,14,19H,8-9H2,1-3H3,(H,21,22)/t12-,14?,17+/m0/s1. The lowest BCUT2D eigenvalue weighted by molar-refractivity contribution is -0.139. The van der Waals surface area contributed by atoms with Gasteiger partial charge < -0.3 is 15.2 Å². The number of benzene rings is 1. The summed E-state index contributed by atoms with van der Waals surface area (Å²) in [5, 5.41) is 12.8. The van der Waals surface area contributed by atoms with E-state index < -0.39 is 23.7 Å². The summed E-state index contributed by atoms with van der Waals surface area (Å²) < 4.78 is 5.75. The molecular weight excluding hydrogens is 332 g/mol. The molecule has 1 amide bonds. The molecule has 2 heterocycles. The van der Waals surface area contributed by atoms with Crippen molar-refractivity contribution in [3.8, 4) is 0 Å². The third-order valence-corrected chi connectivity index (χ3v) is 4.88. The average molecular weight is 353 g/mol. The Labute approximate surface area is 145 Å². The second-order valence-electron chi connectivity index (χ2n) is 7.53. The molecule has 1 spiro atoms. The van der Waals surface area contributed by atoms with Gasteiger partial charge in [0.1, 0.15) is 11.6 Å². The zero-order valence-electron chi connectivity index (χ0n) is 13.9. The van der Waals surface area contributed by atoms with E-state index in [2.05, 4.69) is 5.32 Å². The Bertz CT molecular complexity index is 687. The Morgan fingerprint density at radius 3 is 2.71 bits per heavy atom. The minimum Gasteiger partial charge on any atom is -0.480 e. The summed E-state index contributed by atoms with van der Waals surface area (Å²) in [6.07, 6.45) is -0.224. The van der Waals surface area contributed by atoms with Gasteiger partial charge in [0.2, 0.25) is 0 Å². The van der Waals surface area contributed by atoms with Gasteiger partial charge in [-0.25, -0.2) is 4.79 Å². The second-order valence-corrected chi connectivity index (χ2v) is 7.96. The molecule has 24 heavy (non-hydrogen) atoms. The molecule has 0 aliphatic carbocycles. The lowest BCUT2D eigenvalue weighted by Gasteiger charge is -2.40. The van der Waals surface area contributed by atoms with E-state index in [4.69, 9.17) is 16.3 Å². The van der Waals surface area contributed by atoms with Gasteiger partial charge >= 0.3 is 12.1 Å². The minimum absolute atomic E-state index is 0.243. The van der Waals surface area contributed by atoms with Gasteiger partial charge in [-0.1, -0.05) is 38.4 Å². The molecule has 2 fully saturated rings. The number of hydrogen-bond donors (Lipinski definition) is 2. The van der Waals surface area contributed by atoms with Crippen molar-refractivity contribution < 1.29 is 19.4 Å². The molecule has 2 N–H and O–H groups in total. The van der Waals surface area contributed by atoms with E-state index in [1.54, 1.807) is 23.1 Å². The first-order valence-electron chi connectivity index (χ1n) is 7.88. The number of amides is 1. The summed E-state index contributed by atoms with van der Waals surface area (Å²) >= 11 is 6.08. The molecule has 1 aromatic carbocycles. The fraction of sp³-hybridized carbons (Fsp3) is 0.529. The topological polar surface area (TPSA) is 78.9 Å². The van der Waals surface area contributed by atoms with Crippen LogP contribution in [0.4, 0.5) is 10.5 Å². The summed E-state index contributed by atoms with van der Waals surface area (Å²) in [7, 11) is 0. The van der Waals surface area contributed by atoms with Crippen LogP contribution in [0.15, 0.2) is 24.3 Å². The first-order valence-corrected chi connectivity index (χ1v) is 8.26. The fourth-order valence-corrected chi connectivity index (χ4v) is 4.11. The molecule has 2 saturated heterocycles. The van der Waals surface area contributed by atoms with Gasteiger partial charge in [-0.2, -0.15) is 0 Å². The molecule has 7 heteroatoms.